The van der Waals surface area contributed by atoms with Gasteiger partial charge in [0.15, 0.2) is 0 Å². The molecule has 0 unspecified atom stereocenters. The van der Waals surface area contributed by atoms with E-state index in [1.54, 1.807) is 0 Å². The van der Waals surface area contributed by atoms with Gasteiger partial charge in [0.25, 0.3) is 0 Å². The van der Waals surface area contributed by atoms with E-state index >= 15 is 0 Å². The van der Waals surface area contributed by atoms with Gasteiger partial charge in [0.1, 0.15) is 6.17 Å². The van der Waals surface area contributed by atoms with Crippen molar-refractivity contribution in [1.29, 1.82) is 0 Å². The number of halogens is 1. The van der Waals surface area contributed by atoms with E-state index in [0.717, 1.165) is 32.1 Å². The third kappa shape index (κ3) is 3.06. The maximum Gasteiger partial charge on any atom is 0.109 e. The van der Waals surface area contributed by atoms with Crippen molar-refractivity contribution >= 4 is 0 Å². The van der Waals surface area contributed by atoms with E-state index in [4.69, 9.17) is 0 Å². The van der Waals surface area contributed by atoms with E-state index in [9.17, 15) is 4.39 Å². The predicted molar refractivity (Wildman–Crippen MR) is 64.8 cm³/mol. The number of hydrogen-bond acceptors (Lipinski definition) is 0. The van der Waals surface area contributed by atoms with Gasteiger partial charge in [0, 0.05) is 5.41 Å². The van der Waals surface area contributed by atoms with E-state index in [1.165, 1.54) is 18.4 Å². The molecule has 0 saturated heterocycles. The second-order valence-corrected chi connectivity index (χ2v) is 5.08. The van der Waals surface area contributed by atoms with Crippen molar-refractivity contribution < 1.29 is 4.39 Å². The van der Waals surface area contributed by atoms with Crippen LogP contribution in [0.4, 0.5) is 4.39 Å². The maximum atomic E-state index is 14.3. The zero-order valence-corrected chi connectivity index (χ0v) is 10.5. The van der Waals surface area contributed by atoms with Crippen LogP contribution >= 0.6 is 0 Å². The molecule has 2 atom stereocenters. The van der Waals surface area contributed by atoms with Gasteiger partial charge < -0.3 is 0 Å². The van der Waals surface area contributed by atoms with Crippen LogP contribution in [0, 0.1) is 5.41 Å². The summed E-state index contributed by atoms with van der Waals surface area (Å²) < 4.78 is 14.3. The Morgan fingerprint density at radius 1 is 1.40 bits per heavy atom. The largest absolute Gasteiger partial charge is 0.247 e. The Kier molecular flexibility index (Phi) is 4.82. The molecule has 1 heteroatoms. The van der Waals surface area contributed by atoms with Crippen LogP contribution in [0.5, 0.6) is 0 Å². The molecule has 0 fully saturated rings. The molecule has 0 aromatic rings. The second-order valence-electron chi connectivity index (χ2n) is 5.08. The van der Waals surface area contributed by atoms with Gasteiger partial charge in [0.2, 0.25) is 0 Å². The number of rotatable bonds is 5. The van der Waals surface area contributed by atoms with Crippen molar-refractivity contribution in [3.63, 3.8) is 0 Å². The molecule has 0 aliphatic heterocycles. The zero-order valence-electron chi connectivity index (χ0n) is 10.5. The lowest BCUT2D eigenvalue weighted by Gasteiger charge is -2.37. The monoisotopic (exact) mass is 212 g/mol. The summed E-state index contributed by atoms with van der Waals surface area (Å²) in [6, 6.07) is 0. The van der Waals surface area contributed by atoms with Crippen LogP contribution in [0.2, 0.25) is 0 Å². The molecule has 0 amide bonds. The molecule has 0 bridgehead atoms. The minimum absolute atomic E-state index is 0.118. The fraction of sp³-hybridized carbons (Fsp3) is 0.857. The van der Waals surface area contributed by atoms with Gasteiger partial charge in [-0.3, -0.25) is 0 Å². The molecule has 1 aliphatic carbocycles. The van der Waals surface area contributed by atoms with Crippen LogP contribution in [0.1, 0.15) is 65.7 Å². The van der Waals surface area contributed by atoms with Crippen molar-refractivity contribution in [3.8, 4) is 0 Å². The minimum atomic E-state index is -0.627. The summed E-state index contributed by atoms with van der Waals surface area (Å²) in [7, 11) is 0. The molecule has 0 spiro atoms. The standard InChI is InChI=1S/C14H25F/c1-4-7-13(15)14(9-5-2)10-6-8-12(3)11-14/h11,13H,4-10H2,1-3H3/t13-,14+/m1/s1. The Morgan fingerprint density at radius 3 is 2.67 bits per heavy atom. The lowest BCUT2D eigenvalue weighted by molar-refractivity contribution is 0.113. The van der Waals surface area contributed by atoms with Gasteiger partial charge in [-0.2, -0.15) is 0 Å². The number of alkyl halides is 1. The van der Waals surface area contributed by atoms with Crippen molar-refractivity contribution in [2.24, 2.45) is 5.41 Å². The summed E-state index contributed by atoms with van der Waals surface area (Å²) in [6.45, 7) is 6.39. The topological polar surface area (TPSA) is 0 Å². The van der Waals surface area contributed by atoms with Crippen LogP contribution in [0.3, 0.4) is 0 Å². The molecule has 0 N–H and O–H groups in total. The molecule has 0 aromatic heterocycles. The van der Waals surface area contributed by atoms with Gasteiger partial charge in [0.05, 0.1) is 0 Å². The van der Waals surface area contributed by atoms with E-state index in [2.05, 4.69) is 26.8 Å². The number of hydrogen-bond donors (Lipinski definition) is 0. The highest BCUT2D eigenvalue weighted by atomic mass is 19.1. The average molecular weight is 212 g/mol. The summed E-state index contributed by atoms with van der Waals surface area (Å²) in [5.74, 6) is 0. The SMILES string of the molecule is CCC[C@@H](F)[C@]1(CCC)C=C(C)CCC1. The predicted octanol–water partition coefficient (Wildman–Crippen LogP) is 5.04. The van der Waals surface area contributed by atoms with Gasteiger partial charge in [-0.05, 0) is 39.0 Å². The zero-order chi connectivity index (χ0) is 11.3. The third-order valence-electron chi connectivity index (χ3n) is 3.63. The Bertz CT molecular complexity index is 219. The molecule has 0 aromatic carbocycles. The van der Waals surface area contributed by atoms with E-state index in [-0.39, 0.29) is 5.41 Å². The first-order valence-electron chi connectivity index (χ1n) is 6.47. The highest BCUT2D eigenvalue weighted by Gasteiger charge is 2.37. The van der Waals surface area contributed by atoms with Crippen LogP contribution in [0.25, 0.3) is 0 Å². The van der Waals surface area contributed by atoms with E-state index < -0.39 is 6.17 Å². The molecule has 1 rings (SSSR count). The Morgan fingerprint density at radius 2 is 2.13 bits per heavy atom. The fourth-order valence-corrected chi connectivity index (χ4v) is 2.94. The first-order chi connectivity index (χ1) is 7.14. The Balaban J connectivity index is 2.81. The molecule has 0 heterocycles. The molecule has 0 nitrogen and oxygen atoms in total. The smallest absolute Gasteiger partial charge is 0.109 e. The average Bonchev–Trinajstić information content (AvgIpc) is 2.18. The van der Waals surface area contributed by atoms with Gasteiger partial charge in [-0.1, -0.05) is 38.3 Å². The highest BCUT2D eigenvalue weighted by Crippen LogP contribution is 2.43. The molecule has 0 saturated carbocycles. The maximum absolute atomic E-state index is 14.3. The van der Waals surface area contributed by atoms with Crippen LogP contribution in [-0.4, -0.2) is 6.17 Å². The highest BCUT2D eigenvalue weighted by molar-refractivity contribution is 5.14. The van der Waals surface area contributed by atoms with E-state index in [0.29, 0.717) is 0 Å². The van der Waals surface area contributed by atoms with Crippen molar-refractivity contribution in [2.75, 3.05) is 0 Å². The number of allylic oxidation sites excluding steroid dienone is 2. The molecule has 0 radical (unpaired) electrons. The minimum Gasteiger partial charge on any atom is -0.247 e. The molecule has 88 valence electrons. The summed E-state index contributed by atoms with van der Waals surface area (Å²) >= 11 is 0. The van der Waals surface area contributed by atoms with Crippen molar-refractivity contribution in [1.82, 2.24) is 0 Å². The summed E-state index contributed by atoms with van der Waals surface area (Å²) in [6.07, 6.45) is 8.82. The molecular weight excluding hydrogens is 187 g/mol. The third-order valence-corrected chi connectivity index (χ3v) is 3.63. The second kappa shape index (κ2) is 5.67. The van der Waals surface area contributed by atoms with E-state index in [1.807, 2.05) is 0 Å². The van der Waals surface area contributed by atoms with Gasteiger partial charge in [-0.25, -0.2) is 4.39 Å². The molecule has 1 aliphatic rings. The van der Waals surface area contributed by atoms with Crippen molar-refractivity contribution in [3.05, 3.63) is 11.6 Å². The molecule has 15 heavy (non-hydrogen) atoms. The normalized spacial score (nSPS) is 28.7. The Labute approximate surface area is 94.0 Å². The lowest BCUT2D eigenvalue weighted by atomic mass is 9.69. The van der Waals surface area contributed by atoms with Gasteiger partial charge in [-0.15, -0.1) is 0 Å². The first-order valence-corrected chi connectivity index (χ1v) is 6.47. The molecular formula is C14H25F. The van der Waals surface area contributed by atoms with Gasteiger partial charge >= 0.3 is 0 Å². The fourth-order valence-electron chi connectivity index (χ4n) is 2.94. The van der Waals surface area contributed by atoms with Crippen LogP contribution in [0.15, 0.2) is 11.6 Å². The Hall–Kier alpha value is -0.330. The lowest BCUT2D eigenvalue weighted by Crippen LogP contribution is -2.32. The summed E-state index contributed by atoms with van der Waals surface area (Å²) in [5, 5.41) is 0. The van der Waals surface area contributed by atoms with Crippen molar-refractivity contribution in [2.45, 2.75) is 71.9 Å². The van der Waals surface area contributed by atoms with Crippen LogP contribution in [-0.2, 0) is 0 Å². The summed E-state index contributed by atoms with van der Waals surface area (Å²) in [4.78, 5) is 0. The van der Waals surface area contributed by atoms with Crippen LogP contribution < -0.4 is 0 Å². The summed E-state index contributed by atoms with van der Waals surface area (Å²) in [5.41, 5.74) is 1.28. The first kappa shape index (κ1) is 12.7. The quantitative estimate of drug-likeness (QED) is 0.560.